The van der Waals surface area contributed by atoms with Gasteiger partial charge in [-0.05, 0) is 0 Å². The fourth-order valence-corrected chi connectivity index (χ4v) is 30.6. The van der Waals surface area contributed by atoms with Gasteiger partial charge in [0, 0.05) is 0 Å². The van der Waals surface area contributed by atoms with Gasteiger partial charge in [-0.2, -0.15) is 0 Å². The second kappa shape index (κ2) is 14.9. The third-order valence-electron chi connectivity index (χ3n) is 7.70. The summed E-state index contributed by atoms with van der Waals surface area (Å²) in [7, 11) is 0. The first-order valence-electron chi connectivity index (χ1n) is 14.1. The van der Waals surface area contributed by atoms with E-state index in [9.17, 15) is 0 Å². The Labute approximate surface area is 227 Å². The molecule has 190 valence electrons. The quantitative estimate of drug-likeness (QED) is 0.0960. The standard InChI is InChI=1S/C18H21S3.3C4H9.Sn/c1-2-3-4-5-8-15-10-11-17(21-15)18(12-7-14-20-18)16-9-6-13-19-16;3*1-3-4-2;/h6-7,9-14H,2-5,8H2,1H3;3*1,3-4H2,2H3;. The maximum absolute atomic E-state index is 2.74. The number of aryl methyl sites for hydroxylation is 1. The fourth-order valence-electron chi connectivity index (χ4n) is 5.55. The zero-order valence-corrected chi connectivity index (χ0v) is 27.5. The van der Waals surface area contributed by atoms with Gasteiger partial charge in [0.2, 0.25) is 0 Å². The minimum atomic E-state index is -2.34. The van der Waals surface area contributed by atoms with E-state index in [0.29, 0.717) is 0 Å². The van der Waals surface area contributed by atoms with Crippen molar-refractivity contribution in [3.05, 3.63) is 56.4 Å². The number of thioether (sulfide) groups is 1. The Balaban J connectivity index is 1.89. The molecule has 0 spiro atoms. The Kier molecular flexibility index (Phi) is 12.6. The van der Waals surface area contributed by atoms with E-state index in [1.807, 2.05) is 11.3 Å². The molecule has 0 radical (unpaired) electrons. The van der Waals surface area contributed by atoms with Crippen LogP contribution in [0.3, 0.4) is 0 Å². The third-order valence-corrected chi connectivity index (χ3v) is 31.5. The summed E-state index contributed by atoms with van der Waals surface area (Å²) >= 11 is 4.11. The van der Waals surface area contributed by atoms with Crippen molar-refractivity contribution in [1.29, 1.82) is 0 Å². The molecular weight excluding hydrogens is 575 g/mol. The van der Waals surface area contributed by atoms with Gasteiger partial charge in [0.15, 0.2) is 0 Å². The molecule has 0 amide bonds. The van der Waals surface area contributed by atoms with Gasteiger partial charge in [0.25, 0.3) is 0 Å². The van der Waals surface area contributed by atoms with Crippen LogP contribution in [0.1, 0.15) is 107 Å². The zero-order valence-electron chi connectivity index (χ0n) is 22.2. The molecule has 34 heavy (non-hydrogen) atoms. The van der Waals surface area contributed by atoms with Crippen LogP contribution in [0.2, 0.25) is 13.3 Å². The van der Waals surface area contributed by atoms with E-state index in [1.54, 1.807) is 27.9 Å². The van der Waals surface area contributed by atoms with Crippen LogP contribution in [0.15, 0.2) is 41.8 Å². The van der Waals surface area contributed by atoms with Gasteiger partial charge < -0.3 is 0 Å². The molecule has 3 heterocycles. The van der Waals surface area contributed by atoms with E-state index < -0.39 is 18.4 Å². The summed E-state index contributed by atoms with van der Waals surface area (Å²) in [5, 5.41) is 2.29. The summed E-state index contributed by atoms with van der Waals surface area (Å²) in [6, 6.07) is 9.61. The van der Waals surface area contributed by atoms with Gasteiger partial charge in [-0.25, -0.2) is 0 Å². The van der Waals surface area contributed by atoms with Crippen LogP contribution in [0.25, 0.3) is 0 Å². The Hall–Kier alpha value is 0.289. The fraction of sp³-hybridized carbons (Fsp3) is 0.667. The molecule has 0 nitrogen and oxygen atoms in total. The van der Waals surface area contributed by atoms with Crippen LogP contribution in [-0.4, -0.2) is 21.6 Å². The van der Waals surface area contributed by atoms with Crippen LogP contribution in [0.4, 0.5) is 0 Å². The molecule has 2 aromatic heterocycles. The van der Waals surface area contributed by atoms with E-state index in [0.717, 1.165) is 3.27 Å². The molecule has 4 heteroatoms. The molecule has 2 aromatic rings. The third kappa shape index (κ3) is 7.19. The molecule has 2 unspecified atom stereocenters. The first kappa shape index (κ1) is 28.9. The van der Waals surface area contributed by atoms with Gasteiger partial charge in [-0.1, -0.05) is 0 Å². The zero-order chi connectivity index (χ0) is 24.3. The van der Waals surface area contributed by atoms with Gasteiger partial charge in [-0.15, -0.1) is 0 Å². The van der Waals surface area contributed by atoms with E-state index in [4.69, 9.17) is 0 Å². The molecule has 0 bridgehead atoms. The average Bonchev–Trinajstić information content (AvgIpc) is 3.63. The minimum absolute atomic E-state index is 0.0674. The van der Waals surface area contributed by atoms with Crippen LogP contribution in [0.5, 0.6) is 0 Å². The van der Waals surface area contributed by atoms with Gasteiger partial charge in [-0.3, -0.25) is 0 Å². The van der Waals surface area contributed by atoms with Crippen molar-refractivity contribution < 1.29 is 0 Å². The van der Waals surface area contributed by atoms with Crippen molar-refractivity contribution in [1.82, 2.24) is 0 Å². The summed E-state index contributed by atoms with van der Waals surface area (Å²) in [6.45, 7) is 9.51. The number of thiophene rings is 2. The van der Waals surface area contributed by atoms with E-state index in [-0.39, 0.29) is 4.75 Å². The van der Waals surface area contributed by atoms with Crippen molar-refractivity contribution in [2.75, 3.05) is 0 Å². The molecule has 0 aliphatic carbocycles. The maximum atomic E-state index is 2.74. The van der Waals surface area contributed by atoms with Crippen LogP contribution in [0, 0.1) is 0 Å². The van der Waals surface area contributed by atoms with Crippen molar-refractivity contribution >= 4 is 52.8 Å². The average molecular weight is 624 g/mol. The Morgan fingerprint density at radius 3 is 2.03 bits per heavy atom. The predicted molar refractivity (Wildman–Crippen MR) is 163 cm³/mol. The molecule has 3 rings (SSSR count). The molecule has 1 aliphatic heterocycles. The van der Waals surface area contributed by atoms with Crippen molar-refractivity contribution in [3.8, 4) is 0 Å². The van der Waals surface area contributed by atoms with E-state index in [1.165, 1.54) is 70.6 Å². The Morgan fingerprint density at radius 2 is 1.44 bits per heavy atom. The first-order chi connectivity index (χ1) is 16.6. The first-order valence-corrected chi connectivity index (χ1v) is 24.4. The SMILES string of the molecule is CCCCCCc1ccc(C2(c3cccs3)C=C[CH]([Sn]([CH2]CCC)([CH2]CCC)[CH2]CCC)S2)s1. The monoisotopic (exact) mass is 624 g/mol. The van der Waals surface area contributed by atoms with Crippen molar-refractivity contribution in [3.63, 3.8) is 0 Å². The van der Waals surface area contributed by atoms with Gasteiger partial charge in [0.1, 0.15) is 0 Å². The molecule has 1 aliphatic rings. The number of rotatable bonds is 17. The summed E-state index contributed by atoms with van der Waals surface area (Å²) < 4.78 is 5.69. The second-order valence-electron chi connectivity index (χ2n) is 10.4. The molecule has 2 atom stereocenters. The van der Waals surface area contributed by atoms with Gasteiger partial charge in [0.05, 0.1) is 0 Å². The molecule has 0 saturated heterocycles. The molecule has 0 saturated carbocycles. The normalized spacial score (nSPS) is 20.4. The van der Waals surface area contributed by atoms with E-state index >= 15 is 0 Å². The van der Waals surface area contributed by atoms with Gasteiger partial charge >= 0.3 is 229 Å². The molecule has 0 fully saturated rings. The number of unbranched alkanes of at least 4 members (excludes halogenated alkanes) is 6. The van der Waals surface area contributed by atoms with E-state index in [2.05, 4.69) is 92.6 Å². The number of hydrogen-bond donors (Lipinski definition) is 0. The summed E-state index contributed by atoms with van der Waals surface area (Å²) in [5.41, 5.74) is 0. The Bertz CT molecular complexity index is 815. The van der Waals surface area contributed by atoms with Crippen LogP contribution >= 0.6 is 34.4 Å². The summed E-state index contributed by atoms with van der Waals surface area (Å²) in [6.07, 6.45) is 20.5. The molecular formula is C30H48S3Sn. The Morgan fingerprint density at radius 1 is 0.765 bits per heavy atom. The predicted octanol–water partition coefficient (Wildman–Crippen LogP) is 11.2. The topological polar surface area (TPSA) is 0 Å². The second-order valence-corrected chi connectivity index (χ2v) is 28.9. The van der Waals surface area contributed by atoms with Crippen LogP contribution < -0.4 is 0 Å². The summed E-state index contributed by atoms with van der Waals surface area (Å²) in [4.78, 5) is 4.74. The number of hydrogen-bond acceptors (Lipinski definition) is 3. The van der Waals surface area contributed by atoms with Crippen molar-refractivity contribution in [2.45, 2.75) is 120 Å². The summed E-state index contributed by atoms with van der Waals surface area (Å²) in [5.74, 6) is 0. The molecule has 0 aromatic carbocycles. The van der Waals surface area contributed by atoms with Crippen LogP contribution in [-0.2, 0) is 11.2 Å². The van der Waals surface area contributed by atoms with Crippen molar-refractivity contribution in [2.24, 2.45) is 0 Å². The molecule has 0 N–H and O–H groups in total.